The number of anilines is 1. The lowest BCUT2D eigenvalue weighted by molar-refractivity contribution is -0.121. The third-order valence-corrected chi connectivity index (χ3v) is 6.03. The van der Waals surface area contributed by atoms with E-state index in [4.69, 9.17) is 9.47 Å². The highest BCUT2D eigenvalue weighted by Gasteiger charge is 2.45. The molecule has 0 unspecified atom stereocenters. The Morgan fingerprint density at radius 1 is 1.03 bits per heavy atom. The number of carbonyl (C=O) groups is 2. The van der Waals surface area contributed by atoms with Crippen molar-refractivity contribution < 1.29 is 23.5 Å². The Bertz CT molecular complexity index is 1090. The van der Waals surface area contributed by atoms with Gasteiger partial charge in [-0.3, -0.25) is 14.5 Å². The topological polar surface area (TPSA) is 55.8 Å². The number of halogens is 1. The molecule has 0 fully saturated rings. The molecule has 1 aliphatic carbocycles. The lowest BCUT2D eigenvalue weighted by Crippen LogP contribution is -2.43. The first-order valence-corrected chi connectivity index (χ1v) is 10.3. The molecule has 2 aromatic rings. The van der Waals surface area contributed by atoms with E-state index in [0.717, 1.165) is 5.56 Å². The number of methoxy groups -OCH3 is 2. The molecular weight excluding hydrogens is 397 g/mol. The molecule has 0 aromatic heterocycles. The van der Waals surface area contributed by atoms with Crippen LogP contribution in [0.3, 0.4) is 0 Å². The van der Waals surface area contributed by atoms with E-state index in [1.54, 1.807) is 38.5 Å². The number of Topliss-reactive ketones (excluding diaryl/α,β-unsaturated/α-hetero) is 1. The van der Waals surface area contributed by atoms with Crippen molar-refractivity contribution in [3.05, 3.63) is 65.1 Å². The zero-order valence-electron chi connectivity index (χ0n) is 18.2. The molecule has 2 aliphatic rings. The minimum Gasteiger partial charge on any atom is -0.497 e. The number of carbonyl (C=O) groups excluding carboxylic acids is 2. The lowest BCUT2D eigenvalue weighted by atomic mass is 9.69. The average molecular weight is 423 g/mol. The van der Waals surface area contributed by atoms with Gasteiger partial charge in [-0.2, -0.15) is 0 Å². The van der Waals surface area contributed by atoms with Crippen molar-refractivity contribution in [1.29, 1.82) is 0 Å². The second kappa shape index (κ2) is 7.84. The van der Waals surface area contributed by atoms with Crippen molar-refractivity contribution >= 4 is 17.4 Å². The molecule has 31 heavy (non-hydrogen) atoms. The van der Waals surface area contributed by atoms with E-state index in [9.17, 15) is 14.0 Å². The van der Waals surface area contributed by atoms with Gasteiger partial charge in [0.05, 0.1) is 19.9 Å². The van der Waals surface area contributed by atoms with Gasteiger partial charge in [-0.05, 0) is 36.1 Å². The molecule has 4 rings (SSSR count). The molecule has 2 aromatic carbocycles. The summed E-state index contributed by atoms with van der Waals surface area (Å²) in [6, 6.07) is 11.4. The summed E-state index contributed by atoms with van der Waals surface area (Å²) in [5.74, 6) is 0.209. The normalized spacial score (nSPS) is 20.5. The van der Waals surface area contributed by atoms with Crippen LogP contribution < -0.4 is 14.4 Å². The van der Waals surface area contributed by atoms with E-state index in [1.165, 1.54) is 17.0 Å². The van der Waals surface area contributed by atoms with Crippen LogP contribution in [0.4, 0.5) is 10.1 Å². The highest BCUT2D eigenvalue weighted by molar-refractivity contribution is 6.08. The number of ether oxygens (including phenoxy) is 2. The summed E-state index contributed by atoms with van der Waals surface area (Å²) < 4.78 is 24.8. The monoisotopic (exact) mass is 423 g/mol. The van der Waals surface area contributed by atoms with Crippen molar-refractivity contribution in [2.75, 3.05) is 19.1 Å². The Morgan fingerprint density at radius 3 is 2.48 bits per heavy atom. The molecule has 0 bridgehead atoms. The third-order valence-electron chi connectivity index (χ3n) is 6.03. The number of amides is 1. The van der Waals surface area contributed by atoms with Crippen LogP contribution in [0.1, 0.15) is 44.6 Å². The van der Waals surface area contributed by atoms with E-state index in [2.05, 4.69) is 0 Å². The number of allylic oxidation sites excluding steroid dienone is 2. The maximum atomic E-state index is 14.0. The number of rotatable bonds is 4. The van der Waals surface area contributed by atoms with Crippen LogP contribution >= 0.6 is 0 Å². The Kier molecular flexibility index (Phi) is 5.33. The first kappa shape index (κ1) is 21.1. The van der Waals surface area contributed by atoms with Crippen LogP contribution in [-0.2, 0) is 9.59 Å². The largest absolute Gasteiger partial charge is 0.497 e. The van der Waals surface area contributed by atoms with Gasteiger partial charge in [-0.25, -0.2) is 4.39 Å². The molecule has 0 N–H and O–H groups in total. The fraction of sp³-hybridized carbons (Fsp3) is 0.360. The standard InChI is InChI=1S/C25H26FNO4/c1-25(2)13-20-24(21(28)14-25)19(18-9-8-17(30-3)11-22(18)31-4)12-23(29)27(20)16-7-5-6-15(26)10-16/h5-11,19H,12-14H2,1-4H3/t19-/m0/s1. The van der Waals surface area contributed by atoms with Crippen molar-refractivity contribution in [2.45, 2.75) is 39.0 Å². The van der Waals surface area contributed by atoms with Gasteiger partial charge in [-0.15, -0.1) is 0 Å². The molecular formula is C25H26FNO4. The molecule has 5 nitrogen and oxygen atoms in total. The van der Waals surface area contributed by atoms with Gasteiger partial charge in [0, 0.05) is 41.7 Å². The van der Waals surface area contributed by atoms with Gasteiger partial charge in [0.1, 0.15) is 17.3 Å². The maximum absolute atomic E-state index is 14.0. The van der Waals surface area contributed by atoms with Gasteiger partial charge in [-0.1, -0.05) is 26.0 Å². The fourth-order valence-electron chi connectivity index (χ4n) is 4.70. The predicted octanol–water partition coefficient (Wildman–Crippen LogP) is 5.01. The first-order valence-electron chi connectivity index (χ1n) is 10.3. The number of benzene rings is 2. The van der Waals surface area contributed by atoms with Gasteiger partial charge < -0.3 is 9.47 Å². The molecule has 0 spiro atoms. The second-order valence-electron chi connectivity index (χ2n) is 8.87. The molecule has 0 saturated heterocycles. The highest BCUT2D eigenvalue weighted by Crippen LogP contribution is 2.49. The molecule has 6 heteroatoms. The van der Waals surface area contributed by atoms with Crippen molar-refractivity contribution in [1.82, 2.24) is 0 Å². The summed E-state index contributed by atoms with van der Waals surface area (Å²) in [4.78, 5) is 28.3. The van der Waals surface area contributed by atoms with E-state index < -0.39 is 11.7 Å². The summed E-state index contributed by atoms with van der Waals surface area (Å²) in [7, 11) is 3.13. The molecule has 162 valence electrons. The van der Waals surface area contributed by atoms with Crippen LogP contribution in [0.15, 0.2) is 53.7 Å². The van der Waals surface area contributed by atoms with E-state index >= 15 is 0 Å². The van der Waals surface area contributed by atoms with Gasteiger partial charge in [0.2, 0.25) is 5.91 Å². The van der Waals surface area contributed by atoms with Crippen LogP contribution in [-0.4, -0.2) is 25.9 Å². The summed E-state index contributed by atoms with van der Waals surface area (Å²) in [5, 5.41) is 0. The average Bonchev–Trinajstić information content (AvgIpc) is 2.71. The van der Waals surface area contributed by atoms with E-state index in [0.29, 0.717) is 41.3 Å². The zero-order chi connectivity index (χ0) is 22.3. The Hall–Kier alpha value is -3.15. The minimum atomic E-state index is -0.423. The smallest absolute Gasteiger partial charge is 0.232 e. The molecule has 0 radical (unpaired) electrons. The van der Waals surface area contributed by atoms with Gasteiger partial charge in [0.15, 0.2) is 5.78 Å². The van der Waals surface area contributed by atoms with Crippen LogP contribution in [0, 0.1) is 11.2 Å². The maximum Gasteiger partial charge on any atom is 0.232 e. The molecule has 1 atom stereocenters. The fourth-order valence-corrected chi connectivity index (χ4v) is 4.70. The second-order valence-corrected chi connectivity index (χ2v) is 8.87. The van der Waals surface area contributed by atoms with Crippen molar-refractivity contribution in [3.63, 3.8) is 0 Å². The molecule has 1 amide bonds. The summed E-state index contributed by atoms with van der Waals surface area (Å²) in [6.07, 6.45) is 1.04. The first-order chi connectivity index (χ1) is 14.7. The van der Waals surface area contributed by atoms with E-state index in [1.807, 2.05) is 19.9 Å². The number of hydrogen-bond donors (Lipinski definition) is 0. The number of hydrogen-bond acceptors (Lipinski definition) is 4. The summed E-state index contributed by atoms with van der Waals surface area (Å²) in [5.41, 5.74) is 2.20. The quantitative estimate of drug-likeness (QED) is 0.694. The number of ketones is 1. The summed E-state index contributed by atoms with van der Waals surface area (Å²) in [6.45, 7) is 4.03. The van der Waals surface area contributed by atoms with Gasteiger partial charge >= 0.3 is 0 Å². The van der Waals surface area contributed by atoms with Crippen molar-refractivity contribution in [2.24, 2.45) is 5.41 Å². The predicted molar refractivity (Wildman–Crippen MR) is 116 cm³/mol. The zero-order valence-corrected chi connectivity index (χ0v) is 18.2. The molecule has 1 heterocycles. The number of nitrogens with zero attached hydrogens (tertiary/aromatic N) is 1. The van der Waals surface area contributed by atoms with Crippen LogP contribution in [0.5, 0.6) is 11.5 Å². The third kappa shape index (κ3) is 3.82. The molecule has 1 aliphatic heterocycles. The summed E-state index contributed by atoms with van der Waals surface area (Å²) >= 11 is 0. The highest BCUT2D eigenvalue weighted by atomic mass is 19.1. The SMILES string of the molecule is COc1ccc([C@@H]2CC(=O)N(c3cccc(F)c3)C3=C2C(=O)CC(C)(C)C3)c(OC)c1. The Balaban J connectivity index is 1.91. The Morgan fingerprint density at radius 2 is 1.81 bits per heavy atom. The minimum absolute atomic E-state index is 0.0167. The Labute approximate surface area is 181 Å². The van der Waals surface area contributed by atoms with Crippen LogP contribution in [0.25, 0.3) is 0 Å². The lowest BCUT2D eigenvalue weighted by Gasteiger charge is -2.43. The van der Waals surface area contributed by atoms with Crippen molar-refractivity contribution in [3.8, 4) is 11.5 Å². The van der Waals surface area contributed by atoms with Crippen LogP contribution in [0.2, 0.25) is 0 Å². The molecule has 0 saturated carbocycles. The van der Waals surface area contributed by atoms with E-state index in [-0.39, 0.29) is 23.5 Å². The van der Waals surface area contributed by atoms with Gasteiger partial charge in [0.25, 0.3) is 0 Å².